The van der Waals surface area contributed by atoms with Crippen LogP contribution in [0.25, 0.3) is 0 Å². The van der Waals surface area contributed by atoms with Gasteiger partial charge in [0, 0.05) is 25.3 Å². The molecule has 1 rings (SSSR count). The molecule has 12 heteroatoms. The molecule has 1 heterocycles. The molecule has 4 amide bonds. The second-order valence-electron chi connectivity index (χ2n) is 5.78. The van der Waals surface area contributed by atoms with Crippen molar-refractivity contribution in [1.82, 2.24) is 9.80 Å². The predicted molar refractivity (Wildman–Crippen MR) is 87.7 cm³/mol. The van der Waals surface area contributed by atoms with Crippen LogP contribution in [0, 0.1) is 0 Å². The van der Waals surface area contributed by atoms with Crippen LogP contribution in [0.3, 0.4) is 0 Å². The Balaban J connectivity index is 0.00000676. The average Bonchev–Trinajstić information content (AvgIpc) is 2.52. The number of carbonyl (C=O) groups excluding carboxylic acids is 4. The summed E-state index contributed by atoms with van der Waals surface area (Å²) in [6.45, 7) is 1.90. The first kappa shape index (κ1) is 26.0. The summed E-state index contributed by atoms with van der Waals surface area (Å²) in [5.41, 5.74) is 0. The summed E-state index contributed by atoms with van der Waals surface area (Å²) in [6.07, 6.45) is 1.22. The molecular weight excluding hydrogens is 391 g/mol. The van der Waals surface area contributed by atoms with Crippen LogP contribution in [0.4, 0.5) is 4.79 Å². The van der Waals surface area contributed by atoms with Crippen molar-refractivity contribution >= 4 is 33.9 Å². The largest absolute Gasteiger partial charge is 1.00 e. The van der Waals surface area contributed by atoms with Gasteiger partial charge in [-0.15, -0.1) is 0 Å². The summed E-state index contributed by atoms with van der Waals surface area (Å²) in [4.78, 5) is 48.9. The molecule has 0 radical (unpaired) electrons. The first-order chi connectivity index (χ1) is 12.2. The zero-order chi connectivity index (χ0) is 19.7. The molecule has 1 aliphatic rings. The monoisotopic (exact) mass is 414 g/mol. The summed E-state index contributed by atoms with van der Waals surface area (Å²) in [5, 5.41) is 0. The molecule has 0 saturated carbocycles. The average molecular weight is 414 g/mol. The minimum atomic E-state index is -4.43. The Morgan fingerprint density at radius 1 is 1.04 bits per heavy atom. The van der Waals surface area contributed by atoms with Crippen LogP contribution in [0.5, 0.6) is 0 Å². The first-order valence-electron chi connectivity index (χ1n) is 8.39. The molecular formula is C15H23N2NaO8S. The van der Waals surface area contributed by atoms with E-state index < -0.39 is 40.1 Å². The molecule has 0 aliphatic carbocycles. The number of ether oxygens (including phenoxy) is 1. The molecule has 0 aromatic rings. The molecule has 1 saturated heterocycles. The van der Waals surface area contributed by atoms with Gasteiger partial charge in [-0.05, 0) is 26.2 Å². The van der Waals surface area contributed by atoms with Crippen LogP contribution in [0.15, 0.2) is 0 Å². The minimum absolute atomic E-state index is 0. The number of urea groups is 1. The normalized spacial score (nSPS) is 15.0. The van der Waals surface area contributed by atoms with Crippen LogP contribution in [0.2, 0.25) is 0 Å². The van der Waals surface area contributed by atoms with Gasteiger partial charge >= 0.3 is 41.6 Å². The van der Waals surface area contributed by atoms with E-state index in [0.29, 0.717) is 25.9 Å². The molecule has 0 bridgehead atoms. The number of barbiturate groups is 1. The van der Waals surface area contributed by atoms with Gasteiger partial charge in [-0.2, -0.15) is 0 Å². The number of unbranched alkanes of at least 4 members (excludes halogenated alkanes) is 2. The van der Waals surface area contributed by atoms with Crippen LogP contribution in [0.1, 0.15) is 45.4 Å². The van der Waals surface area contributed by atoms with E-state index in [9.17, 15) is 32.1 Å². The zero-order valence-electron chi connectivity index (χ0n) is 15.6. The van der Waals surface area contributed by atoms with Gasteiger partial charge in [-0.1, -0.05) is 6.42 Å². The van der Waals surface area contributed by atoms with Crippen molar-refractivity contribution in [3.05, 3.63) is 0 Å². The molecule has 148 valence electrons. The van der Waals surface area contributed by atoms with E-state index in [2.05, 4.69) is 0 Å². The summed E-state index contributed by atoms with van der Waals surface area (Å²) < 4.78 is 36.6. The number of nitrogens with zero attached hydrogens (tertiary/aromatic N) is 2. The standard InChI is InChI=1S/C15H24N2O8S.Na/c1-2-25-14(20)7-4-3-5-8-16-12(18)11-13(19)17(15(16)21)9-6-10-26(22,23)24;/h2-11H2,1H3,(H,22,23,24);/q;+1/p-1. The zero-order valence-corrected chi connectivity index (χ0v) is 18.5. The third-order valence-corrected chi connectivity index (χ3v) is 4.50. The summed E-state index contributed by atoms with van der Waals surface area (Å²) in [7, 11) is -4.43. The Hall–Kier alpha value is -1.01. The van der Waals surface area contributed by atoms with Crippen LogP contribution >= 0.6 is 0 Å². The van der Waals surface area contributed by atoms with E-state index in [0.717, 1.165) is 9.80 Å². The maximum absolute atomic E-state index is 12.3. The maximum atomic E-state index is 12.3. The molecule has 0 spiro atoms. The third-order valence-electron chi connectivity index (χ3n) is 3.71. The van der Waals surface area contributed by atoms with Gasteiger partial charge in [-0.25, -0.2) is 13.2 Å². The van der Waals surface area contributed by atoms with Gasteiger partial charge in [0.2, 0.25) is 11.8 Å². The van der Waals surface area contributed by atoms with Gasteiger partial charge in [-0.3, -0.25) is 24.2 Å². The molecule has 27 heavy (non-hydrogen) atoms. The fourth-order valence-corrected chi connectivity index (χ4v) is 2.95. The Kier molecular flexibility index (Phi) is 12.0. The van der Waals surface area contributed by atoms with E-state index in [1.807, 2.05) is 0 Å². The van der Waals surface area contributed by atoms with Crippen molar-refractivity contribution in [1.29, 1.82) is 0 Å². The van der Waals surface area contributed by atoms with Gasteiger partial charge in [0.15, 0.2) is 0 Å². The van der Waals surface area contributed by atoms with E-state index in [1.165, 1.54) is 0 Å². The predicted octanol–water partition coefficient (Wildman–Crippen LogP) is -2.77. The number of imide groups is 2. The maximum Gasteiger partial charge on any atom is 1.00 e. The number of hydrogen-bond acceptors (Lipinski definition) is 8. The molecule has 0 unspecified atom stereocenters. The van der Waals surface area contributed by atoms with Crippen molar-refractivity contribution < 1.29 is 66.4 Å². The SMILES string of the molecule is CCOC(=O)CCCCCN1C(=O)CC(=O)N(CCCS(=O)(=O)[O-])C1=O.[Na+]. The van der Waals surface area contributed by atoms with Gasteiger partial charge in [0.1, 0.15) is 6.42 Å². The van der Waals surface area contributed by atoms with E-state index in [4.69, 9.17) is 4.74 Å². The molecule has 0 N–H and O–H groups in total. The molecule has 1 fully saturated rings. The number of esters is 1. The van der Waals surface area contributed by atoms with Gasteiger partial charge < -0.3 is 9.29 Å². The topological polar surface area (TPSA) is 141 Å². The molecule has 0 aromatic heterocycles. The number of amides is 4. The van der Waals surface area contributed by atoms with Crippen molar-refractivity contribution in [2.24, 2.45) is 0 Å². The Labute approximate surface area is 180 Å². The van der Waals surface area contributed by atoms with Crippen LogP contribution < -0.4 is 29.6 Å². The van der Waals surface area contributed by atoms with Crippen molar-refractivity contribution in [2.75, 3.05) is 25.4 Å². The van der Waals surface area contributed by atoms with Crippen molar-refractivity contribution in [3.8, 4) is 0 Å². The summed E-state index contributed by atoms with van der Waals surface area (Å²) in [6, 6.07) is -0.806. The Morgan fingerprint density at radius 2 is 1.59 bits per heavy atom. The van der Waals surface area contributed by atoms with E-state index in [-0.39, 0.29) is 61.5 Å². The Bertz CT molecular complexity index is 652. The van der Waals surface area contributed by atoms with Gasteiger partial charge in [0.05, 0.1) is 16.7 Å². The number of carbonyl (C=O) groups is 4. The van der Waals surface area contributed by atoms with E-state index in [1.54, 1.807) is 6.92 Å². The smallest absolute Gasteiger partial charge is 0.748 e. The minimum Gasteiger partial charge on any atom is -0.748 e. The molecule has 0 aromatic carbocycles. The fraction of sp³-hybridized carbons (Fsp3) is 0.733. The number of rotatable bonds is 11. The molecule has 0 atom stereocenters. The summed E-state index contributed by atoms with van der Waals surface area (Å²) >= 11 is 0. The second kappa shape index (κ2) is 12.4. The summed E-state index contributed by atoms with van der Waals surface area (Å²) in [5.74, 6) is -2.31. The molecule has 10 nitrogen and oxygen atoms in total. The van der Waals surface area contributed by atoms with Crippen LogP contribution in [-0.2, 0) is 29.2 Å². The third kappa shape index (κ3) is 9.65. The molecule has 1 aliphatic heterocycles. The number of hydrogen-bond donors (Lipinski definition) is 0. The Morgan fingerprint density at radius 3 is 2.11 bits per heavy atom. The quantitative estimate of drug-likeness (QED) is 0.116. The fourth-order valence-electron chi connectivity index (χ4n) is 2.47. The van der Waals surface area contributed by atoms with Crippen molar-refractivity contribution in [2.45, 2.75) is 45.4 Å². The van der Waals surface area contributed by atoms with E-state index >= 15 is 0 Å². The second-order valence-corrected chi connectivity index (χ2v) is 7.30. The first-order valence-corrected chi connectivity index (χ1v) is 9.97. The van der Waals surface area contributed by atoms with Gasteiger partial charge in [0.25, 0.3) is 0 Å². The van der Waals surface area contributed by atoms with Crippen molar-refractivity contribution in [3.63, 3.8) is 0 Å². The van der Waals surface area contributed by atoms with Crippen LogP contribution in [-0.4, -0.2) is 72.0 Å².